The van der Waals surface area contributed by atoms with Gasteiger partial charge in [0.25, 0.3) is 11.5 Å². The summed E-state index contributed by atoms with van der Waals surface area (Å²) >= 11 is 0. The molecule has 0 aliphatic heterocycles. The van der Waals surface area contributed by atoms with E-state index in [1.165, 1.54) is 23.0 Å². The van der Waals surface area contributed by atoms with Crippen LogP contribution in [-0.2, 0) is 25.6 Å². The molecule has 3 aromatic rings. The molecule has 0 spiro atoms. The second-order valence-electron chi connectivity index (χ2n) is 8.71. The number of rotatable bonds is 7. The zero-order valence-corrected chi connectivity index (χ0v) is 18.2. The Morgan fingerprint density at radius 1 is 1.24 bits per heavy atom. The molecule has 0 unspecified atom stereocenters. The Balaban J connectivity index is 1.69. The lowest BCUT2D eigenvalue weighted by molar-refractivity contribution is -0.141. The Bertz CT molecular complexity index is 1240. The standard InChI is InChI=1S/C22H24F3N5O3/c1-12(2)11-29-19-14(5-3-13-4-8-16(26-9-13)22(23,24)25)10-27-30(19)21(33)17(20(29)32)18(31)28-15-6-7-15/h4,8-10,12,15,32H,3,5-7,11H2,1-2H3,(H,28,31). The Labute approximate surface area is 187 Å². The fraction of sp³-hybridized carbons (Fsp3) is 0.455. The molecule has 0 radical (unpaired) electrons. The minimum atomic E-state index is -4.51. The summed E-state index contributed by atoms with van der Waals surface area (Å²) in [6, 6.07) is 2.30. The molecule has 0 saturated heterocycles. The smallest absolute Gasteiger partial charge is 0.433 e. The lowest BCUT2D eigenvalue weighted by Crippen LogP contribution is -2.34. The maximum absolute atomic E-state index is 13.0. The molecule has 1 aliphatic carbocycles. The van der Waals surface area contributed by atoms with Crippen molar-refractivity contribution in [3.05, 3.63) is 57.3 Å². The lowest BCUT2D eigenvalue weighted by Gasteiger charge is -2.17. The number of carbonyl (C=O) groups excluding carboxylic acids is 1. The molecule has 3 aromatic heterocycles. The fourth-order valence-corrected chi connectivity index (χ4v) is 3.67. The van der Waals surface area contributed by atoms with Gasteiger partial charge in [-0.25, -0.2) is 0 Å². The van der Waals surface area contributed by atoms with Crippen LogP contribution >= 0.6 is 0 Å². The predicted molar refractivity (Wildman–Crippen MR) is 113 cm³/mol. The summed E-state index contributed by atoms with van der Waals surface area (Å²) in [5, 5.41) is 17.8. The summed E-state index contributed by atoms with van der Waals surface area (Å²) in [7, 11) is 0. The topological polar surface area (TPSA) is 102 Å². The molecule has 33 heavy (non-hydrogen) atoms. The SMILES string of the molecule is CC(C)Cn1c(O)c(C(=O)NC2CC2)c(=O)n2ncc(CCc3ccc(C(F)(F)F)nc3)c12. The van der Waals surface area contributed by atoms with Crippen molar-refractivity contribution in [1.82, 2.24) is 24.5 Å². The highest BCUT2D eigenvalue weighted by Crippen LogP contribution is 2.28. The summed E-state index contributed by atoms with van der Waals surface area (Å²) < 4.78 is 40.8. The van der Waals surface area contributed by atoms with E-state index in [-0.39, 0.29) is 17.5 Å². The minimum absolute atomic E-state index is 0.0103. The maximum Gasteiger partial charge on any atom is 0.433 e. The molecule has 1 amide bonds. The van der Waals surface area contributed by atoms with Crippen LogP contribution in [0.25, 0.3) is 5.65 Å². The fourth-order valence-electron chi connectivity index (χ4n) is 3.67. The van der Waals surface area contributed by atoms with Crippen molar-refractivity contribution in [2.75, 3.05) is 0 Å². The lowest BCUT2D eigenvalue weighted by atomic mass is 10.1. The second kappa shape index (κ2) is 8.53. The van der Waals surface area contributed by atoms with Gasteiger partial charge in [0.1, 0.15) is 11.3 Å². The van der Waals surface area contributed by atoms with Crippen LogP contribution in [-0.4, -0.2) is 36.2 Å². The largest absolute Gasteiger partial charge is 0.494 e. The summed E-state index contributed by atoms with van der Waals surface area (Å²) in [6.45, 7) is 4.20. The molecule has 1 fully saturated rings. The molecule has 11 heteroatoms. The Morgan fingerprint density at radius 3 is 2.55 bits per heavy atom. The van der Waals surface area contributed by atoms with E-state index in [9.17, 15) is 27.9 Å². The molecular weight excluding hydrogens is 439 g/mol. The van der Waals surface area contributed by atoms with Gasteiger partial charge < -0.3 is 10.4 Å². The molecule has 3 heterocycles. The van der Waals surface area contributed by atoms with Crippen molar-refractivity contribution in [2.45, 2.75) is 58.3 Å². The van der Waals surface area contributed by atoms with Gasteiger partial charge in [-0.1, -0.05) is 19.9 Å². The number of hydrogen-bond acceptors (Lipinski definition) is 5. The Morgan fingerprint density at radius 2 is 1.97 bits per heavy atom. The number of nitrogens with one attached hydrogen (secondary N) is 1. The first-order chi connectivity index (χ1) is 15.6. The number of nitrogens with zero attached hydrogens (tertiary/aromatic N) is 4. The zero-order valence-electron chi connectivity index (χ0n) is 18.2. The van der Waals surface area contributed by atoms with Crippen LogP contribution in [0.4, 0.5) is 13.2 Å². The third-order valence-electron chi connectivity index (χ3n) is 5.44. The number of amides is 1. The van der Waals surface area contributed by atoms with Gasteiger partial charge in [0.05, 0.1) is 6.20 Å². The van der Waals surface area contributed by atoms with E-state index in [1.54, 1.807) is 0 Å². The molecule has 8 nitrogen and oxygen atoms in total. The number of aryl methyl sites for hydroxylation is 2. The number of carbonyl (C=O) groups is 1. The van der Waals surface area contributed by atoms with E-state index >= 15 is 0 Å². The average molecular weight is 463 g/mol. The quantitative estimate of drug-likeness (QED) is 0.561. The van der Waals surface area contributed by atoms with Crippen LogP contribution in [0.3, 0.4) is 0 Å². The van der Waals surface area contributed by atoms with Gasteiger partial charge in [-0.3, -0.25) is 19.1 Å². The molecule has 1 saturated carbocycles. The van der Waals surface area contributed by atoms with Gasteiger partial charge in [0.15, 0.2) is 5.56 Å². The summed E-state index contributed by atoms with van der Waals surface area (Å²) in [5.41, 5.74) is -0.467. The van der Waals surface area contributed by atoms with E-state index < -0.39 is 29.2 Å². The summed E-state index contributed by atoms with van der Waals surface area (Å²) in [6.07, 6.45) is 0.517. The van der Waals surface area contributed by atoms with Crippen LogP contribution in [0.1, 0.15) is 53.9 Å². The highest BCUT2D eigenvalue weighted by molar-refractivity contribution is 5.96. The van der Waals surface area contributed by atoms with Crippen LogP contribution in [0.5, 0.6) is 5.88 Å². The average Bonchev–Trinajstić information content (AvgIpc) is 3.44. The third-order valence-corrected chi connectivity index (χ3v) is 5.44. The molecule has 4 rings (SSSR count). The van der Waals surface area contributed by atoms with Crippen molar-refractivity contribution >= 4 is 11.6 Å². The van der Waals surface area contributed by atoms with Crippen LogP contribution < -0.4 is 10.9 Å². The molecule has 176 valence electrons. The van der Waals surface area contributed by atoms with Gasteiger partial charge >= 0.3 is 6.18 Å². The predicted octanol–water partition coefficient (Wildman–Crippen LogP) is 2.95. The number of aromatic hydroxyl groups is 1. The van der Waals surface area contributed by atoms with E-state index in [2.05, 4.69) is 15.4 Å². The van der Waals surface area contributed by atoms with E-state index in [4.69, 9.17) is 0 Å². The summed E-state index contributed by atoms with van der Waals surface area (Å²) in [5.74, 6) is -0.965. The van der Waals surface area contributed by atoms with Gasteiger partial charge in [-0.15, -0.1) is 0 Å². The molecule has 1 aliphatic rings. The molecule has 2 N–H and O–H groups in total. The van der Waals surface area contributed by atoms with Crippen LogP contribution in [0.15, 0.2) is 29.3 Å². The highest BCUT2D eigenvalue weighted by Gasteiger charge is 2.32. The van der Waals surface area contributed by atoms with E-state index in [0.29, 0.717) is 36.2 Å². The van der Waals surface area contributed by atoms with Crippen molar-refractivity contribution < 1.29 is 23.1 Å². The monoisotopic (exact) mass is 463 g/mol. The Hall–Kier alpha value is -3.37. The zero-order chi connectivity index (χ0) is 23.9. The highest BCUT2D eigenvalue weighted by atomic mass is 19.4. The number of fused-ring (bicyclic) bond motifs is 1. The van der Waals surface area contributed by atoms with E-state index in [0.717, 1.165) is 23.4 Å². The number of hydrogen-bond donors (Lipinski definition) is 2. The minimum Gasteiger partial charge on any atom is -0.494 e. The van der Waals surface area contributed by atoms with Crippen molar-refractivity contribution in [3.63, 3.8) is 0 Å². The first-order valence-corrected chi connectivity index (χ1v) is 10.7. The summed E-state index contributed by atoms with van der Waals surface area (Å²) in [4.78, 5) is 29.1. The van der Waals surface area contributed by atoms with Gasteiger partial charge in [0, 0.05) is 24.3 Å². The number of pyridine rings is 1. The van der Waals surface area contributed by atoms with Crippen LogP contribution in [0, 0.1) is 5.92 Å². The number of aromatic nitrogens is 4. The van der Waals surface area contributed by atoms with Crippen LogP contribution in [0.2, 0.25) is 0 Å². The van der Waals surface area contributed by atoms with Crippen molar-refractivity contribution in [2.24, 2.45) is 5.92 Å². The molecular formula is C22H24F3N5O3. The van der Waals surface area contributed by atoms with E-state index in [1.807, 2.05) is 13.8 Å². The first kappa shape index (κ1) is 22.8. The first-order valence-electron chi connectivity index (χ1n) is 10.7. The number of alkyl halides is 3. The third kappa shape index (κ3) is 4.71. The molecule has 0 bridgehead atoms. The van der Waals surface area contributed by atoms with Gasteiger partial charge in [-0.05, 0) is 43.2 Å². The number of halogens is 3. The molecule has 0 atom stereocenters. The maximum atomic E-state index is 13.0. The second-order valence-corrected chi connectivity index (χ2v) is 8.71. The van der Waals surface area contributed by atoms with Gasteiger partial charge in [-0.2, -0.15) is 22.8 Å². The van der Waals surface area contributed by atoms with Crippen molar-refractivity contribution in [1.29, 1.82) is 0 Å². The Kier molecular flexibility index (Phi) is 5.89. The normalized spacial score (nSPS) is 14.2. The van der Waals surface area contributed by atoms with Gasteiger partial charge in [0.2, 0.25) is 5.88 Å². The van der Waals surface area contributed by atoms with Crippen molar-refractivity contribution in [3.8, 4) is 5.88 Å². The molecule has 0 aromatic carbocycles.